The van der Waals surface area contributed by atoms with Crippen LogP contribution in [0.1, 0.15) is 37.3 Å². The number of fused-ring (bicyclic) bond motifs is 3. The molecule has 0 spiro atoms. The summed E-state index contributed by atoms with van der Waals surface area (Å²) >= 11 is 0. The zero-order chi connectivity index (χ0) is 24.0. The molecule has 2 unspecified atom stereocenters. The molecule has 3 N–H and O–H groups in total. The van der Waals surface area contributed by atoms with Gasteiger partial charge < -0.3 is 25.2 Å². The number of hydrogen-bond donors (Lipinski definition) is 3. The van der Waals surface area contributed by atoms with Crippen LogP contribution in [0.2, 0.25) is 0 Å². The van der Waals surface area contributed by atoms with Gasteiger partial charge in [0.2, 0.25) is 5.91 Å². The van der Waals surface area contributed by atoms with Crippen molar-refractivity contribution in [2.75, 3.05) is 20.3 Å². The number of carboxylic acids is 1. The van der Waals surface area contributed by atoms with E-state index in [4.69, 9.17) is 9.47 Å². The van der Waals surface area contributed by atoms with Crippen LogP contribution in [0.3, 0.4) is 0 Å². The zero-order valence-corrected chi connectivity index (χ0v) is 19.0. The number of nitrogens with one attached hydrogen (secondary N) is 2. The topological polar surface area (TPSA) is 114 Å². The molecule has 0 aromatic heterocycles. The molecule has 33 heavy (non-hydrogen) atoms. The molecule has 176 valence electrons. The highest BCUT2D eigenvalue weighted by molar-refractivity contribution is 5.89. The third kappa shape index (κ3) is 5.51. The fourth-order valence-corrected chi connectivity index (χ4v) is 4.07. The molecule has 2 aromatic rings. The van der Waals surface area contributed by atoms with Crippen molar-refractivity contribution in [3.8, 4) is 11.1 Å². The quantitative estimate of drug-likeness (QED) is 0.508. The molecule has 0 heterocycles. The molecule has 3 atom stereocenters. The van der Waals surface area contributed by atoms with Crippen molar-refractivity contribution in [2.24, 2.45) is 5.92 Å². The molecular formula is C25H30N2O6. The van der Waals surface area contributed by atoms with E-state index in [1.165, 1.54) is 7.11 Å². The molecular weight excluding hydrogens is 424 g/mol. The lowest BCUT2D eigenvalue weighted by Gasteiger charge is -2.25. The summed E-state index contributed by atoms with van der Waals surface area (Å²) in [5, 5.41) is 14.3. The lowest BCUT2D eigenvalue weighted by atomic mass is 9.98. The van der Waals surface area contributed by atoms with E-state index in [1.54, 1.807) is 6.92 Å². The molecule has 3 rings (SSSR count). The summed E-state index contributed by atoms with van der Waals surface area (Å²) in [4.78, 5) is 36.8. The van der Waals surface area contributed by atoms with Gasteiger partial charge in [-0.1, -0.05) is 68.8 Å². The van der Waals surface area contributed by atoms with Crippen LogP contribution in [0.25, 0.3) is 11.1 Å². The molecule has 8 heteroatoms. The number of ether oxygens (including phenoxy) is 2. The second-order valence-corrected chi connectivity index (χ2v) is 8.19. The van der Waals surface area contributed by atoms with Crippen molar-refractivity contribution < 1.29 is 29.0 Å². The van der Waals surface area contributed by atoms with Crippen molar-refractivity contribution in [1.82, 2.24) is 10.6 Å². The van der Waals surface area contributed by atoms with E-state index in [2.05, 4.69) is 22.8 Å². The smallest absolute Gasteiger partial charge is 0.407 e. The van der Waals surface area contributed by atoms with Crippen molar-refractivity contribution in [2.45, 2.75) is 38.3 Å². The Bertz CT molecular complexity index is 962. The second kappa shape index (κ2) is 11.0. The average molecular weight is 455 g/mol. The lowest BCUT2D eigenvalue weighted by molar-refractivity contribution is -0.143. The molecule has 0 fully saturated rings. The van der Waals surface area contributed by atoms with Gasteiger partial charge in [0.15, 0.2) is 6.04 Å². The van der Waals surface area contributed by atoms with Crippen molar-refractivity contribution in [3.05, 3.63) is 59.7 Å². The number of hydrogen-bond acceptors (Lipinski definition) is 5. The molecule has 0 saturated carbocycles. The number of methoxy groups -OCH3 is 1. The fraction of sp³-hybridized carbons (Fsp3) is 0.400. The van der Waals surface area contributed by atoms with E-state index in [0.717, 1.165) is 22.3 Å². The maximum atomic E-state index is 12.8. The SMILES string of the molecule is CCC(C)[C@H](NC(=O)OCC1c2ccccc2-c2ccccc21)C(=O)NC(COC)C(=O)O. The first kappa shape index (κ1) is 24.3. The van der Waals surface area contributed by atoms with Crippen LogP contribution in [0.15, 0.2) is 48.5 Å². The number of carboxylic acid groups (broad SMARTS) is 1. The van der Waals surface area contributed by atoms with Gasteiger partial charge in [-0.05, 0) is 28.2 Å². The van der Waals surface area contributed by atoms with Crippen LogP contribution in [-0.2, 0) is 19.1 Å². The lowest BCUT2D eigenvalue weighted by Crippen LogP contribution is -2.55. The maximum Gasteiger partial charge on any atom is 0.407 e. The predicted molar refractivity (Wildman–Crippen MR) is 123 cm³/mol. The van der Waals surface area contributed by atoms with E-state index in [-0.39, 0.29) is 25.0 Å². The summed E-state index contributed by atoms with van der Waals surface area (Å²) in [6.45, 7) is 3.63. The van der Waals surface area contributed by atoms with Gasteiger partial charge >= 0.3 is 12.1 Å². The second-order valence-electron chi connectivity index (χ2n) is 8.19. The molecule has 0 saturated heterocycles. The molecule has 0 radical (unpaired) electrons. The highest BCUT2D eigenvalue weighted by Crippen LogP contribution is 2.44. The minimum atomic E-state index is -1.21. The van der Waals surface area contributed by atoms with Gasteiger partial charge in [-0.2, -0.15) is 0 Å². The molecule has 2 aromatic carbocycles. The fourth-order valence-electron chi connectivity index (χ4n) is 4.07. The van der Waals surface area contributed by atoms with Gasteiger partial charge in [-0.3, -0.25) is 4.79 Å². The highest BCUT2D eigenvalue weighted by Gasteiger charge is 2.32. The third-order valence-electron chi connectivity index (χ3n) is 6.06. The van der Waals surface area contributed by atoms with Crippen LogP contribution < -0.4 is 10.6 Å². The number of amides is 2. The Morgan fingerprint density at radius 2 is 1.58 bits per heavy atom. The molecule has 1 aliphatic rings. The van der Waals surface area contributed by atoms with Crippen molar-refractivity contribution in [1.29, 1.82) is 0 Å². The Balaban J connectivity index is 1.68. The summed E-state index contributed by atoms with van der Waals surface area (Å²) < 4.78 is 10.4. The summed E-state index contributed by atoms with van der Waals surface area (Å²) in [6, 6.07) is 13.9. The Morgan fingerprint density at radius 1 is 1.00 bits per heavy atom. The van der Waals surface area contributed by atoms with E-state index in [1.807, 2.05) is 43.3 Å². The van der Waals surface area contributed by atoms with Gasteiger partial charge in [0.05, 0.1) is 6.61 Å². The number of rotatable bonds is 10. The first-order valence-electron chi connectivity index (χ1n) is 11.0. The van der Waals surface area contributed by atoms with Gasteiger partial charge in [-0.15, -0.1) is 0 Å². The average Bonchev–Trinajstić information content (AvgIpc) is 3.14. The standard InChI is InChI=1S/C25H30N2O6/c1-4-15(2)22(23(28)26-21(14-32-3)24(29)30)27-25(31)33-13-20-18-11-7-5-9-16(18)17-10-6-8-12-19(17)20/h5-12,15,20-22H,4,13-14H2,1-3H3,(H,26,28)(H,27,31)(H,29,30)/t15?,21?,22-/m0/s1. The molecule has 8 nitrogen and oxygen atoms in total. The number of benzene rings is 2. The summed E-state index contributed by atoms with van der Waals surface area (Å²) in [7, 11) is 1.35. The minimum Gasteiger partial charge on any atom is -0.480 e. The number of alkyl carbamates (subject to hydrolysis) is 1. The van der Waals surface area contributed by atoms with E-state index < -0.39 is 30.1 Å². The van der Waals surface area contributed by atoms with Crippen molar-refractivity contribution >= 4 is 18.0 Å². The molecule has 2 amide bonds. The van der Waals surface area contributed by atoms with E-state index in [9.17, 15) is 19.5 Å². The van der Waals surface area contributed by atoms with Crippen LogP contribution >= 0.6 is 0 Å². The van der Waals surface area contributed by atoms with Gasteiger partial charge in [0.25, 0.3) is 0 Å². The molecule has 0 aliphatic heterocycles. The maximum absolute atomic E-state index is 12.8. The Morgan fingerprint density at radius 3 is 2.09 bits per heavy atom. The summed E-state index contributed by atoms with van der Waals surface area (Å²) in [5.41, 5.74) is 4.42. The molecule has 0 bridgehead atoms. The van der Waals surface area contributed by atoms with Crippen molar-refractivity contribution in [3.63, 3.8) is 0 Å². The highest BCUT2D eigenvalue weighted by atomic mass is 16.5. The molecule has 1 aliphatic carbocycles. The minimum absolute atomic E-state index is 0.0999. The van der Waals surface area contributed by atoms with Crippen LogP contribution in [0.5, 0.6) is 0 Å². The Hall–Kier alpha value is -3.39. The van der Waals surface area contributed by atoms with Crippen LogP contribution in [-0.4, -0.2) is 55.5 Å². The largest absolute Gasteiger partial charge is 0.480 e. The Kier molecular flexibility index (Phi) is 8.06. The monoisotopic (exact) mass is 454 g/mol. The first-order valence-corrected chi connectivity index (χ1v) is 11.0. The first-order chi connectivity index (χ1) is 15.9. The summed E-state index contributed by atoms with van der Waals surface area (Å²) in [5.74, 6) is -2.14. The van der Waals surface area contributed by atoms with Gasteiger partial charge in [0, 0.05) is 13.0 Å². The van der Waals surface area contributed by atoms with Crippen LogP contribution in [0.4, 0.5) is 4.79 Å². The number of carbonyl (C=O) groups excluding carboxylic acids is 2. The van der Waals surface area contributed by atoms with E-state index >= 15 is 0 Å². The summed E-state index contributed by atoms with van der Waals surface area (Å²) in [6.07, 6.45) is -0.125. The van der Waals surface area contributed by atoms with Gasteiger partial charge in [0.1, 0.15) is 12.6 Å². The predicted octanol–water partition coefficient (Wildman–Crippen LogP) is 3.16. The Labute approximate surface area is 193 Å². The number of aliphatic carboxylic acids is 1. The van der Waals surface area contributed by atoms with Gasteiger partial charge in [-0.25, -0.2) is 9.59 Å². The number of carbonyl (C=O) groups is 3. The zero-order valence-electron chi connectivity index (χ0n) is 19.0. The third-order valence-corrected chi connectivity index (χ3v) is 6.06. The normalized spacial score (nSPS) is 15.0. The van der Waals surface area contributed by atoms with E-state index in [0.29, 0.717) is 6.42 Å². The van der Waals surface area contributed by atoms with Crippen LogP contribution in [0, 0.1) is 5.92 Å².